The summed E-state index contributed by atoms with van der Waals surface area (Å²) in [5.41, 5.74) is 5.46. The van der Waals surface area contributed by atoms with Crippen molar-refractivity contribution in [1.29, 1.82) is 0 Å². The Labute approximate surface area is 200 Å². The molecule has 0 aliphatic heterocycles. The molecule has 0 amide bonds. The number of rotatable bonds is 7. The van der Waals surface area contributed by atoms with Gasteiger partial charge in [-0.25, -0.2) is 9.97 Å². The normalized spacial score (nSPS) is 11.8. The van der Waals surface area contributed by atoms with Crippen molar-refractivity contribution in [2.45, 2.75) is 5.92 Å². The molecule has 5 rings (SSSR count). The summed E-state index contributed by atoms with van der Waals surface area (Å²) in [6.45, 7) is 0.690. The molecule has 5 nitrogen and oxygen atoms in total. The van der Waals surface area contributed by atoms with Gasteiger partial charge < -0.3 is 10.2 Å². The van der Waals surface area contributed by atoms with Gasteiger partial charge in [0.15, 0.2) is 5.82 Å². The SMILES string of the molecule is CN(C)c1ccc(-c2nc(NCC(c3ccccc3)c3cccnc3)c3ccccc3n2)cc1. The lowest BCUT2D eigenvalue weighted by Gasteiger charge is -2.20. The van der Waals surface area contributed by atoms with Crippen LogP contribution in [0.2, 0.25) is 0 Å². The van der Waals surface area contributed by atoms with Gasteiger partial charge in [0, 0.05) is 55.6 Å². The van der Waals surface area contributed by atoms with Gasteiger partial charge in [0.25, 0.3) is 0 Å². The largest absolute Gasteiger partial charge is 0.378 e. The minimum atomic E-state index is 0.145. The van der Waals surface area contributed by atoms with Gasteiger partial charge in [-0.1, -0.05) is 48.5 Å². The van der Waals surface area contributed by atoms with Crippen LogP contribution in [0.5, 0.6) is 0 Å². The van der Waals surface area contributed by atoms with Crippen LogP contribution in [0.15, 0.2) is 103 Å². The minimum Gasteiger partial charge on any atom is -0.378 e. The van der Waals surface area contributed by atoms with Gasteiger partial charge in [0.1, 0.15) is 5.82 Å². The third kappa shape index (κ3) is 4.59. The van der Waals surface area contributed by atoms with E-state index >= 15 is 0 Å². The summed E-state index contributed by atoms with van der Waals surface area (Å²) < 4.78 is 0. The topological polar surface area (TPSA) is 53.9 Å². The molecule has 0 aliphatic rings. The summed E-state index contributed by atoms with van der Waals surface area (Å²) in [6.07, 6.45) is 3.75. The van der Waals surface area contributed by atoms with Crippen LogP contribution < -0.4 is 10.2 Å². The lowest BCUT2D eigenvalue weighted by atomic mass is 9.92. The van der Waals surface area contributed by atoms with Crippen molar-refractivity contribution < 1.29 is 0 Å². The van der Waals surface area contributed by atoms with Crippen molar-refractivity contribution in [3.63, 3.8) is 0 Å². The highest BCUT2D eigenvalue weighted by Gasteiger charge is 2.16. The molecular weight excluding hydrogens is 418 g/mol. The van der Waals surface area contributed by atoms with Crippen LogP contribution in [-0.2, 0) is 0 Å². The number of nitrogens with zero attached hydrogens (tertiary/aromatic N) is 4. The molecule has 0 fully saturated rings. The number of anilines is 2. The molecule has 2 heterocycles. The molecule has 0 saturated heterocycles. The molecule has 0 radical (unpaired) electrons. The van der Waals surface area contributed by atoms with Crippen LogP contribution in [0, 0.1) is 0 Å². The summed E-state index contributed by atoms with van der Waals surface area (Å²) >= 11 is 0. The number of pyridine rings is 1. The summed E-state index contributed by atoms with van der Waals surface area (Å²) in [6, 6.07) is 31.1. The maximum atomic E-state index is 4.95. The number of para-hydroxylation sites is 1. The Bertz CT molecular complexity index is 1330. The fourth-order valence-corrected chi connectivity index (χ4v) is 4.14. The summed E-state index contributed by atoms with van der Waals surface area (Å²) in [5.74, 6) is 1.69. The standard InChI is InChI=1S/C29H27N5/c1-34(2)24-16-14-22(15-17-24)28-32-27-13-7-6-12-25(27)29(33-28)31-20-26(21-9-4-3-5-10-21)23-11-8-18-30-19-23/h3-19,26H,20H2,1-2H3,(H,31,32,33). The predicted octanol–water partition coefficient (Wildman–Crippen LogP) is 6.00. The molecular formula is C29H27N5. The summed E-state index contributed by atoms with van der Waals surface area (Å²) in [4.78, 5) is 16.2. The van der Waals surface area contributed by atoms with Crippen LogP contribution in [0.25, 0.3) is 22.3 Å². The van der Waals surface area contributed by atoms with Crippen molar-refractivity contribution in [1.82, 2.24) is 15.0 Å². The number of hydrogen-bond donors (Lipinski definition) is 1. The van der Waals surface area contributed by atoms with Gasteiger partial charge in [-0.2, -0.15) is 0 Å². The van der Waals surface area contributed by atoms with E-state index in [-0.39, 0.29) is 5.92 Å². The quantitative estimate of drug-likeness (QED) is 0.333. The number of fused-ring (bicyclic) bond motifs is 1. The predicted molar refractivity (Wildman–Crippen MR) is 140 cm³/mol. The van der Waals surface area contributed by atoms with Crippen LogP contribution in [0.4, 0.5) is 11.5 Å². The highest BCUT2D eigenvalue weighted by molar-refractivity contribution is 5.90. The second kappa shape index (κ2) is 9.71. The lowest BCUT2D eigenvalue weighted by Crippen LogP contribution is -2.15. The van der Waals surface area contributed by atoms with Gasteiger partial charge in [0.05, 0.1) is 5.52 Å². The zero-order chi connectivity index (χ0) is 23.3. The summed E-state index contributed by atoms with van der Waals surface area (Å²) in [7, 11) is 4.07. The molecule has 1 N–H and O–H groups in total. The van der Waals surface area contributed by atoms with E-state index in [0.717, 1.165) is 28.0 Å². The van der Waals surface area contributed by atoms with Gasteiger partial charge >= 0.3 is 0 Å². The van der Waals surface area contributed by atoms with E-state index in [1.165, 1.54) is 11.1 Å². The monoisotopic (exact) mass is 445 g/mol. The molecule has 2 aromatic heterocycles. The number of aromatic nitrogens is 3. The highest BCUT2D eigenvalue weighted by Crippen LogP contribution is 2.29. The van der Waals surface area contributed by atoms with Crippen molar-refractivity contribution >= 4 is 22.4 Å². The van der Waals surface area contributed by atoms with Crippen molar-refractivity contribution in [3.05, 3.63) is 115 Å². The molecule has 34 heavy (non-hydrogen) atoms. The Morgan fingerprint density at radius 1 is 0.765 bits per heavy atom. The molecule has 1 atom stereocenters. The van der Waals surface area contributed by atoms with Crippen molar-refractivity contribution in [3.8, 4) is 11.4 Å². The molecule has 5 aromatic rings. The Balaban J connectivity index is 1.51. The van der Waals surface area contributed by atoms with Gasteiger partial charge in [-0.15, -0.1) is 0 Å². The molecule has 0 aliphatic carbocycles. The molecule has 168 valence electrons. The van der Waals surface area contributed by atoms with E-state index in [4.69, 9.17) is 9.97 Å². The van der Waals surface area contributed by atoms with E-state index in [9.17, 15) is 0 Å². The first-order chi connectivity index (χ1) is 16.7. The molecule has 0 spiro atoms. The third-order valence-corrected chi connectivity index (χ3v) is 6.01. The van der Waals surface area contributed by atoms with Gasteiger partial charge in [-0.3, -0.25) is 4.98 Å². The number of benzene rings is 3. The number of nitrogens with one attached hydrogen (secondary N) is 1. The molecule has 3 aromatic carbocycles. The average Bonchev–Trinajstić information content (AvgIpc) is 2.90. The van der Waals surface area contributed by atoms with Gasteiger partial charge in [0.2, 0.25) is 0 Å². The first-order valence-corrected chi connectivity index (χ1v) is 11.4. The zero-order valence-corrected chi connectivity index (χ0v) is 19.4. The average molecular weight is 446 g/mol. The fourth-order valence-electron chi connectivity index (χ4n) is 4.14. The summed E-state index contributed by atoms with van der Waals surface area (Å²) in [5, 5.41) is 4.65. The second-order valence-electron chi connectivity index (χ2n) is 8.48. The number of hydrogen-bond acceptors (Lipinski definition) is 5. The van der Waals surface area contributed by atoms with Crippen molar-refractivity contribution in [2.75, 3.05) is 30.9 Å². The first kappa shape index (κ1) is 21.6. The van der Waals surface area contributed by atoms with Crippen LogP contribution in [0.1, 0.15) is 17.0 Å². The zero-order valence-electron chi connectivity index (χ0n) is 19.4. The van der Waals surface area contributed by atoms with Crippen LogP contribution in [-0.4, -0.2) is 35.6 Å². The van der Waals surface area contributed by atoms with E-state index in [1.807, 2.05) is 56.8 Å². The maximum absolute atomic E-state index is 4.95. The highest BCUT2D eigenvalue weighted by atomic mass is 15.1. The Hall–Kier alpha value is -4.25. The van der Waals surface area contributed by atoms with Crippen LogP contribution in [0.3, 0.4) is 0 Å². The molecule has 0 saturated carbocycles. The smallest absolute Gasteiger partial charge is 0.162 e. The Kier molecular flexibility index (Phi) is 6.17. The minimum absolute atomic E-state index is 0.145. The Morgan fingerprint density at radius 3 is 2.24 bits per heavy atom. The maximum Gasteiger partial charge on any atom is 0.162 e. The van der Waals surface area contributed by atoms with E-state index < -0.39 is 0 Å². The second-order valence-corrected chi connectivity index (χ2v) is 8.48. The third-order valence-electron chi connectivity index (χ3n) is 6.01. The molecule has 5 heteroatoms. The van der Waals surface area contributed by atoms with Gasteiger partial charge in [-0.05, 0) is 53.6 Å². The molecule has 0 bridgehead atoms. The lowest BCUT2D eigenvalue weighted by molar-refractivity contribution is 0.843. The van der Waals surface area contributed by atoms with E-state index in [0.29, 0.717) is 12.4 Å². The van der Waals surface area contributed by atoms with E-state index in [1.54, 1.807) is 0 Å². The Morgan fingerprint density at radius 2 is 1.50 bits per heavy atom. The van der Waals surface area contributed by atoms with Crippen molar-refractivity contribution in [2.24, 2.45) is 0 Å². The van der Waals surface area contributed by atoms with E-state index in [2.05, 4.69) is 75.9 Å². The molecule has 1 unspecified atom stereocenters. The van der Waals surface area contributed by atoms with Crippen LogP contribution >= 0.6 is 0 Å². The fraction of sp³-hybridized carbons (Fsp3) is 0.138. The first-order valence-electron chi connectivity index (χ1n) is 11.4.